The first-order chi connectivity index (χ1) is 5.29. The number of carbonyl (C=O) groups is 1. The first-order valence-electron chi connectivity index (χ1n) is 3.80. The number of nitrogens with zero attached hydrogens (tertiary/aromatic N) is 1. The zero-order valence-corrected chi connectivity index (χ0v) is 7.26. The predicted molar refractivity (Wildman–Crippen MR) is 45.7 cm³/mol. The van der Waals surface area contributed by atoms with Crippen LogP contribution < -0.4 is 0 Å². The van der Waals surface area contributed by atoms with Crippen molar-refractivity contribution < 1.29 is 9.90 Å². The van der Waals surface area contributed by atoms with Crippen LogP contribution in [0.15, 0.2) is 0 Å². The molecule has 3 nitrogen and oxygen atoms in total. The van der Waals surface area contributed by atoms with Crippen LogP contribution in [-0.4, -0.2) is 40.9 Å². The fourth-order valence-electron chi connectivity index (χ4n) is 1.44. The Hall–Kier alpha value is -0.220. The molecule has 0 aromatic carbocycles. The Morgan fingerprint density at radius 3 is 3.00 bits per heavy atom. The van der Waals surface area contributed by atoms with Crippen LogP contribution in [-0.2, 0) is 4.79 Å². The van der Waals surface area contributed by atoms with Gasteiger partial charge in [0.05, 0.1) is 18.4 Å². The zero-order chi connectivity index (χ0) is 8.27. The van der Waals surface area contributed by atoms with Gasteiger partial charge in [0.25, 0.3) is 0 Å². The molecular weight excluding hydrogens is 162 g/mol. The van der Waals surface area contributed by atoms with Gasteiger partial charge in [0.2, 0.25) is 5.91 Å². The molecule has 0 saturated carbocycles. The van der Waals surface area contributed by atoms with Crippen LogP contribution in [0.2, 0.25) is 0 Å². The normalized spacial score (nSPS) is 24.2. The van der Waals surface area contributed by atoms with Gasteiger partial charge in [-0.25, -0.2) is 0 Å². The summed E-state index contributed by atoms with van der Waals surface area (Å²) in [6.07, 6.45) is 1.93. The predicted octanol–water partition coefficient (Wildman–Crippen LogP) is -0.100. The molecule has 4 heteroatoms. The molecule has 0 aromatic heterocycles. The lowest BCUT2D eigenvalue weighted by atomic mass is 10.2. The Labute approximate surface area is 71.8 Å². The highest BCUT2D eigenvalue weighted by Crippen LogP contribution is 2.16. The molecule has 1 atom stereocenters. The van der Waals surface area contributed by atoms with Crippen molar-refractivity contribution in [3.63, 3.8) is 0 Å². The third-order valence-corrected chi connectivity index (χ3v) is 2.31. The Balaban J connectivity index is 2.49. The summed E-state index contributed by atoms with van der Waals surface area (Å²) < 4.78 is 0. The molecule has 0 radical (unpaired) electrons. The van der Waals surface area contributed by atoms with Gasteiger partial charge < -0.3 is 10.0 Å². The standard InChI is InChI=1S/C7H13NO2S/c9-4-6-2-1-3-8(6)7(10)5-11/h6,9,11H,1-5H2. The van der Waals surface area contributed by atoms with Crippen molar-refractivity contribution >= 4 is 18.5 Å². The van der Waals surface area contributed by atoms with E-state index in [4.69, 9.17) is 5.11 Å². The van der Waals surface area contributed by atoms with Gasteiger partial charge in [-0.05, 0) is 12.8 Å². The maximum absolute atomic E-state index is 11.1. The summed E-state index contributed by atoms with van der Waals surface area (Å²) in [5.74, 6) is 0.279. The van der Waals surface area contributed by atoms with Crippen molar-refractivity contribution in [3.05, 3.63) is 0 Å². The topological polar surface area (TPSA) is 40.5 Å². The van der Waals surface area contributed by atoms with E-state index in [9.17, 15) is 4.79 Å². The van der Waals surface area contributed by atoms with Crippen LogP contribution in [0.1, 0.15) is 12.8 Å². The minimum absolute atomic E-state index is 0.0323. The SMILES string of the molecule is O=C(CS)N1CCCC1CO. The summed E-state index contributed by atoms with van der Waals surface area (Å²) in [5, 5.41) is 8.86. The molecule has 1 aliphatic rings. The molecule has 0 aliphatic carbocycles. The number of amides is 1. The third kappa shape index (κ3) is 1.87. The second kappa shape index (κ2) is 3.97. The molecule has 0 bridgehead atoms. The molecule has 1 fully saturated rings. The maximum Gasteiger partial charge on any atom is 0.232 e. The van der Waals surface area contributed by atoms with Crippen LogP contribution in [0, 0.1) is 0 Å². The maximum atomic E-state index is 11.1. The van der Waals surface area contributed by atoms with E-state index in [1.165, 1.54) is 0 Å². The summed E-state index contributed by atoms with van der Waals surface area (Å²) in [6.45, 7) is 0.865. The number of carbonyl (C=O) groups excluding carboxylic acids is 1. The molecule has 64 valence electrons. The van der Waals surface area contributed by atoms with Crippen LogP contribution in [0.5, 0.6) is 0 Å². The van der Waals surface area contributed by atoms with E-state index in [1.807, 2.05) is 0 Å². The van der Waals surface area contributed by atoms with Gasteiger partial charge in [-0.3, -0.25) is 4.79 Å². The van der Waals surface area contributed by atoms with E-state index < -0.39 is 0 Å². The van der Waals surface area contributed by atoms with Crippen molar-refractivity contribution in [1.82, 2.24) is 4.90 Å². The fourth-order valence-corrected chi connectivity index (χ4v) is 1.63. The van der Waals surface area contributed by atoms with E-state index in [2.05, 4.69) is 12.6 Å². The fraction of sp³-hybridized carbons (Fsp3) is 0.857. The Morgan fingerprint density at radius 2 is 2.45 bits per heavy atom. The van der Waals surface area contributed by atoms with E-state index >= 15 is 0 Å². The first-order valence-corrected chi connectivity index (χ1v) is 4.44. The van der Waals surface area contributed by atoms with Crippen molar-refractivity contribution in [3.8, 4) is 0 Å². The van der Waals surface area contributed by atoms with Gasteiger partial charge >= 0.3 is 0 Å². The molecule has 1 amide bonds. The highest BCUT2D eigenvalue weighted by Gasteiger charge is 2.26. The van der Waals surface area contributed by atoms with Crippen LogP contribution in [0.3, 0.4) is 0 Å². The van der Waals surface area contributed by atoms with Crippen molar-refractivity contribution in [2.75, 3.05) is 18.9 Å². The summed E-state index contributed by atoms with van der Waals surface area (Å²) >= 11 is 3.90. The van der Waals surface area contributed by atoms with Gasteiger partial charge in [-0.2, -0.15) is 12.6 Å². The number of likely N-dealkylation sites (tertiary alicyclic amines) is 1. The Kier molecular flexibility index (Phi) is 3.20. The molecule has 1 aliphatic heterocycles. The average molecular weight is 175 g/mol. The molecule has 1 heterocycles. The van der Waals surface area contributed by atoms with Crippen LogP contribution in [0.4, 0.5) is 0 Å². The zero-order valence-electron chi connectivity index (χ0n) is 6.36. The smallest absolute Gasteiger partial charge is 0.232 e. The first kappa shape index (κ1) is 8.87. The number of thiol groups is 1. The van der Waals surface area contributed by atoms with E-state index in [1.54, 1.807) is 4.90 Å². The van der Waals surface area contributed by atoms with Crippen LogP contribution in [0.25, 0.3) is 0 Å². The lowest BCUT2D eigenvalue weighted by Gasteiger charge is -2.21. The van der Waals surface area contributed by atoms with Crippen molar-refractivity contribution in [2.45, 2.75) is 18.9 Å². The molecule has 1 rings (SSSR count). The number of aliphatic hydroxyl groups excluding tert-OH is 1. The molecular formula is C7H13NO2S. The van der Waals surface area contributed by atoms with E-state index in [0.29, 0.717) is 0 Å². The number of rotatable bonds is 2. The summed E-state index contributed by atoms with van der Waals surface area (Å²) in [6, 6.07) is 0.0506. The largest absolute Gasteiger partial charge is 0.394 e. The van der Waals surface area contributed by atoms with Crippen LogP contribution >= 0.6 is 12.6 Å². The summed E-state index contributed by atoms with van der Waals surface area (Å²) in [5.41, 5.74) is 0. The third-order valence-electron chi connectivity index (χ3n) is 2.04. The molecule has 1 saturated heterocycles. The molecule has 1 unspecified atom stereocenters. The Morgan fingerprint density at radius 1 is 1.73 bits per heavy atom. The summed E-state index contributed by atoms with van der Waals surface area (Å²) in [7, 11) is 0. The van der Waals surface area contributed by atoms with Crippen molar-refractivity contribution in [1.29, 1.82) is 0 Å². The molecule has 11 heavy (non-hydrogen) atoms. The summed E-state index contributed by atoms with van der Waals surface area (Å²) in [4.78, 5) is 12.8. The lowest BCUT2D eigenvalue weighted by Crippen LogP contribution is -2.38. The van der Waals surface area contributed by atoms with E-state index in [0.717, 1.165) is 19.4 Å². The van der Waals surface area contributed by atoms with Gasteiger partial charge in [0, 0.05) is 6.54 Å². The number of aliphatic hydroxyl groups is 1. The highest BCUT2D eigenvalue weighted by molar-refractivity contribution is 7.81. The van der Waals surface area contributed by atoms with Crippen molar-refractivity contribution in [2.24, 2.45) is 0 Å². The molecule has 1 N–H and O–H groups in total. The quantitative estimate of drug-likeness (QED) is 0.575. The van der Waals surface area contributed by atoms with Gasteiger partial charge in [-0.1, -0.05) is 0 Å². The number of hydrogen-bond donors (Lipinski definition) is 2. The second-order valence-electron chi connectivity index (χ2n) is 2.72. The van der Waals surface area contributed by atoms with Gasteiger partial charge in [0.15, 0.2) is 0 Å². The lowest BCUT2D eigenvalue weighted by molar-refractivity contribution is -0.129. The minimum atomic E-state index is 0.0323. The average Bonchev–Trinajstić information content (AvgIpc) is 2.50. The highest BCUT2D eigenvalue weighted by atomic mass is 32.1. The second-order valence-corrected chi connectivity index (χ2v) is 3.04. The molecule has 0 aromatic rings. The van der Waals surface area contributed by atoms with Gasteiger partial charge in [-0.15, -0.1) is 0 Å². The van der Waals surface area contributed by atoms with E-state index in [-0.39, 0.29) is 24.3 Å². The minimum Gasteiger partial charge on any atom is -0.394 e. The number of hydrogen-bond acceptors (Lipinski definition) is 3. The monoisotopic (exact) mass is 175 g/mol. The van der Waals surface area contributed by atoms with Gasteiger partial charge in [0.1, 0.15) is 0 Å². The Bertz CT molecular complexity index is 151. The molecule has 0 spiro atoms.